The first kappa shape index (κ1) is 16.2. The van der Waals surface area contributed by atoms with E-state index >= 15 is 0 Å². The van der Waals surface area contributed by atoms with Gasteiger partial charge in [0.05, 0.1) is 14.2 Å². The summed E-state index contributed by atoms with van der Waals surface area (Å²) in [4.78, 5) is 4.68. The zero-order valence-electron chi connectivity index (χ0n) is 13.0. The van der Waals surface area contributed by atoms with Gasteiger partial charge in [0.25, 0.3) is 0 Å². The van der Waals surface area contributed by atoms with Crippen LogP contribution in [0.25, 0.3) is 0 Å². The van der Waals surface area contributed by atoms with Crippen LogP contribution in [-0.2, 0) is 12.8 Å². The van der Waals surface area contributed by atoms with Gasteiger partial charge in [-0.05, 0) is 41.8 Å². The van der Waals surface area contributed by atoms with Crippen LogP contribution in [0.4, 0.5) is 0 Å². The van der Waals surface area contributed by atoms with Crippen LogP contribution in [0.15, 0.2) is 35.3 Å². The maximum atomic E-state index is 6.30. The van der Waals surface area contributed by atoms with Gasteiger partial charge in [0.2, 0.25) is 0 Å². The van der Waals surface area contributed by atoms with Gasteiger partial charge in [-0.25, -0.2) is 0 Å². The average molecular weight is 350 g/mol. The molecule has 0 atom stereocenters. The molecule has 3 rings (SSSR count). The second-order valence-corrected chi connectivity index (χ2v) is 6.13. The highest BCUT2D eigenvalue weighted by Gasteiger charge is 2.20. The fourth-order valence-electron chi connectivity index (χ4n) is 2.81. The van der Waals surface area contributed by atoms with E-state index < -0.39 is 0 Å². The molecule has 2 aromatic carbocycles. The van der Waals surface area contributed by atoms with Crippen molar-refractivity contribution >= 4 is 28.9 Å². The van der Waals surface area contributed by atoms with E-state index in [0.717, 1.165) is 35.6 Å². The third kappa shape index (κ3) is 3.17. The monoisotopic (exact) mass is 349 g/mol. The molecule has 0 spiro atoms. The first-order valence-electron chi connectivity index (χ1n) is 7.35. The number of nitrogens with zero attached hydrogens (tertiary/aromatic N) is 1. The lowest BCUT2D eigenvalue weighted by atomic mass is 9.93. The van der Waals surface area contributed by atoms with Crippen molar-refractivity contribution in [3.8, 4) is 11.5 Å². The number of halogens is 2. The summed E-state index contributed by atoms with van der Waals surface area (Å²) in [6, 6.07) is 9.55. The zero-order valence-corrected chi connectivity index (χ0v) is 14.5. The van der Waals surface area contributed by atoms with Crippen LogP contribution in [0.1, 0.15) is 16.7 Å². The quantitative estimate of drug-likeness (QED) is 0.807. The molecular formula is C18H17Cl2NO2. The van der Waals surface area contributed by atoms with Crippen molar-refractivity contribution in [1.29, 1.82) is 0 Å². The molecule has 0 radical (unpaired) electrons. The number of fused-ring (bicyclic) bond motifs is 1. The molecule has 0 aromatic heterocycles. The molecule has 2 aromatic rings. The van der Waals surface area contributed by atoms with Gasteiger partial charge in [0.15, 0.2) is 11.5 Å². The van der Waals surface area contributed by atoms with Crippen molar-refractivity contribution < 1.29 is 9.47 Å². The van der Waals surface area contributed by atoms with Crippen molar-refractivity contribution in [3.05, 3.63) is 57.1 Å². The van der Waals surface area contributed by atoms with Crippen LogP contribution < -0.4 is 9.47 Å². The van der Waals surface area contributed by atoms with Gasteiger partial charge in [-0.1, -0.05) is 29.3 Å². The SMILES string of the molecule is COc1cc2c(cc1OC)C(Cc1c(Cl)cccc1Cl)=NCC2. The maximum Gasteiger partial charge on any atom is 0.161 e. The molecule has 1 aliphatic rings. The van der Waals surface area contributed by atoms with E-state index in [1.54, 1.807) is 14.2 Å². The summed E-state index contributed by atoms with van der Waals surface area (Å²) in [5, 5.41) is 1.32. The van der Waals surface area contributed by atoms with Gasteiger partial charge < -0.3 is 9.47 Å². The van der Waals surface area contributed by atoms with E-state index in [0.29, 0.717) is 22.2 Å². The molecule has 1 aliphatic heterocycles. The molecule has 5 heteroatoms. The molecule has 1 heterocycles. The summed E-state index contributed by atoms with van der Waals surface area (Å²) in [6.07, 6.45) is 1.48. The molecule has 0 unspecified atom stereocenters. The Hall–Kier alpha value is -1.71. The van der Waals surface area contributed by atoms with Crippen LogP contribution in [0.5, 0.6) is 11.5 Å². The summed E-state index contributed by atoms with van der Waals surface area (Å²) < 4.78 is 10.8. The fraction of sp³-hybridized carbons (Fsp3) is 0.278. The highest BCUT2D eigenvalue weighted by molar-refractivity contribution is 6.36. The summed E-state index contributed by atoms with van der Waals surface area (Å²) >= 11 is 12.6. The van der Waals surface area contributed by atoms with Crippen LogP contribution in [-0.4, -0.2) is 26.5 Å². The Balaban J connectivity index is 2.02. The Morgan fingerprint density at radius 3 is 2.35 bits per heavy atom. The first-order valence-corrected chi connectivity index (χ1v) is 8.11. The summed E-state index contributed by atoms with van der Waals surface area (Å²) in [6.45, 7) is 0.750. The Morgan fingerprint density at radius 1 is 1.04 bits per heavy atom. The Labute approximate surface area is 145 Å². The van der Waals surface area contributed by atoms with E-state index in [-0.39, 0.29) is 0 Å². The minimum absolute atomic E-state index is 0.598. The van der Waals surface area contributed by atoms with Crippen molar-refractivity contribution in [1.82, 2.24) is 0 Å². The van der Waals surface area contributed by atoms with Gasteiger partial charge in [-0.3, -0.25) is 4.99 Å². The normalized spacial score (nSPS) is 13.3. The Morgan fingerprint density at radius 2 is 1.70 bits per heavy atom. The lowest BCUT2D eigenvalue weighted by molar-refractivity contribution is 0.354. The lowest BCUT2D eigenvalue weighted by Gasteiger charge is -2.20. The van der Waals surface area contributed by atoms with Crippen LogP contribution in [0, 0.1) is 0 Å². The predicted molar refractivity (Wildman–Crippen MR) is 94.8 cm³/mol. The molecule has 0 amide bonds. The van der Waals surface area contributed by atoms with Gasteiger partial charge in [-0.15, -0.1) is 0 Å². The summed E-state index contributed by atoms with van der Waals surface area (Å²) in [5.41, 5.74) is 4.15. The molecule has 0 aliphatic carbocycles. The molecule has 3 nitrogen and oxygen atoms in total. The Kier molecular flexibility index (Phi) is 4.79. The fourth-order valence-corrected chi connectivity index (χ4v) is 3.34. The van der Waals surface area contributed by atoms with Crippen LogP contribution in [0.2, 0.25) is 10.0 Å². The number of aliphatic imine (C=N–C) groups is 1. The molecule has 0 saturated carbocycles. The number of methoxy groups -OCH3 is 2. The molecule has 0 fully saturated rings. The van der Waals surface area contributed by atoms with Gasteiger partial charge in [0.1, 0.15) is 0 Å². The zero-order chi connectivity index (χ0) is 16.4. The molecular weight excluding hydrogens is 333 g/mol. The minimum Gasteiger partial charge on any atom is -0.493 e. The number of benzene rings is 2. The molecule has 0 bridgehead atoms. The lowest BCUT2D eigenvalue weighted by Crippen LogP contribution is -2.16. The highest BCUT2D eigenvalue weighted by Crippen LogP contribution is 2.34. The molecule has 0 N–H and O–H groups in total. The predicted octanol–water partition coefficient (Wildman–Crippen LogP) is 4.60. The maximum absolute atomic E-state index is 6.30. The van der Waals surface area contributed by atoms with E-state index in [1.165, 1.54) is 5.56 Å². The smallest absolute Gasteiger partial charge is 0.161 e. The van der Waals surface area contributed by atoms with Crippen molar-refractivity contribution in [3.63, 3.8) is 0 Å². The van der Waals surface area contributed by atoms with Crippen LogP contribution >= 0.6 is 23.2 Å². The van der Waals surface area contributed by atoms with Gasteiger partial charge in [0, 0.05) is 34.3 Å². The molecule has 23 heavy (non-hydrogen) atoms. The average Bonchev–Trinajstić information content (AvgIpc) is 2.57. The van der Waals surface area contributed by atoms with E-state index in [2.05, 4.69) is 4.99 Å². The number of ether oxygens (including phenoxy) is 2. The standard InChI is InChI=1S/C18H17Cl2NO2/c1-22-17-8-11-6-7-21-16(12(11)10-18(17)23-2)9-13-14(19)4-3-5-15(13)20/h3-5,8,10H,6-7,9H2,1-2H3. The van der Waals surface area contributed by atoms with E-state index in [9.17, 15) is 0 Å². The minimum atomic E-state index is 0.598. The Bertz CT molecular complexity index is 752. The van der Waals surface area contributed by atoms with Gasteiger partial charge in [-0.2, -0.15) is 0 Å². The largest absolute Gasteiger partial charge is 0.493 e. The topological polar surface area (TPSA) is 30.8 Å². The third-order valence-corrected chi connectivity index (χ3v) is 4.72. The van der Waals surface area contributed by atoms with Gasteiger partial charge >= 0.3 is 0 Å². The summed E-state index contributed by atoms with van der Waals surface area (Å²) in [7, 11) is 3.28. The van der Waals surface area contributed by atoms with Crippen molar-refractivity contribution in [2.75, 3.05) is 20.8 Å². The second-order valence-electron chi connectivity index (χ2n) is 5.32. The highest BCUT2D eigenvalue weighted by atomic mass is 35.5. The third-order valence-electron chi connectivity index (χ3n) is 4.01. The van der Waals surface area contributed by atoms with Crippen molar-refractivity contribution in [2.24, 2.45) is 4.99 Å². The van der Waals surface area contributed by atoms with E-state index in [4.69, 9.17) is 32.7 Å². The molecule has 120 valence electrons. The first-order chi connectivity index (χ1) is 11.1. The number of rotatable bonds is 4. The molecule has 0 saturated heterocycles. The second kappa shape index (κ2) is 6.81. The summed E-state index contributed by atoms with van der Waals surface area (Å²) in [5.74, 6) is 1.44. The van der Waals surface area contributed by atoms with Crippen molar-refractivity contribution in [2.45, 2.75) is 12.8 Å². The number of hydrogen-bond acceptors (Lipinski definition) is 3. The van der Waals surface area contributed by atoms with Crippen LogP contribution in [0.3, 0.4) is 0 Å². The van der Waals surface area contributed by atoms with E-state index in [1.807, 2.05) is 30.3 Å². The number of hydrogen-bond donors (Lipinski definition) is 0.